The zero-order valence-corrected chi connectivity index (χ0v) is 13.6. The lowest BCUT2D eigenvalue weighted by molar-refractivity contribution is -0.123. The van der Waals surface area contributed by atoms with Crippen molar-refractivity contribution in [3.63, 3.8) is 0 Å². The third-order valence-electron chi connectivity index (χ3n) is 4.98. The van der Waals surface area contributed by atoms with Crippen LogP contribution >= 0.6 is 15.9 Å². The lowest BCUT2D eigenvalue weighted by Gasteiger charge is -2.15. The summed E-state index contributed by atoms with van der Waals surface area (Å²) in [7, 11) is 0. The number of nitrogens with zero attached hydrogens (tertiary/aromatic N) is 1. The number of phenolic OH excluding ortho intramolecular Hbond substituents is 1. The normalized spacial score (nSPS) is 31.0. The second-order valence-electron chi connectivity index (χ2n) is 6.27. The van der Waals surface area contributed by atoms with Crippen molar-refractivity contribution in [1.29, 1.82) is 0 Å². The second kappa shape index (κ2) is 5.44. The Morgan fingerprint density at radius 3 is 3.05 bits per heavy atom. The number of rotatable bonds is 3. The predicted octanol–water partition coefficient (Wildman–Crippen LogP) is 3.43. The highest BCUT2D eigenvalue weighted by Crippen LogP contribution is 2.66. The third kappa shape index (κ3) is 2.71. The number of aromatic hydroxyl groups is 1. The lowest BCUT2D eigenvalue weighted by atomic mass is 9.90. The quantitative estimate of drug-likeness (QED) is 0.647. The molecule has 21 heavy (non-hydrogen) atoms. The van der Waals surface area contributed by atoms with Crippen molar-refractivity contribution in [2.24, 2.45) is 22.4 Å². The highest BCUT2D eigenvalue weighted by atomic mass is 79.9. The first kappa shape index (κ1) is 14.6. The van der Waals surface area contributed by atoms with Gasteiger partial charge in [0.2, 0.25) is 5.91 Å². The van der Waals surface area contributed by atoms with Crippen LogP contribution in [0.5, 0.6) is 5.75 Å². The number of amides is 1. The van der Waals surface area contributed by atoms with Crippen LogP contribution in [0.4, 0.5) is 0 Å². The molecule has 0 saturated heterocycles. The van der Waals surface area contributed by atoms with Crippen LogP contribution in [0.1, 0.15) is 38.2 Å². The average Bonchev–Trinajstić information content (AvgIpc) is 3.08. The van der Waals surface area contributed by atoms with Gasteiger partial charge in [0.15, 0.2) is 0 Å². The first-order valence-electron chi connectivity index (χ1n) is 7.34. The Labute approximate surface area is 132 Å². The van der Waals surface area contributed by atoms with E-state index in [1.54, 1.807) is 18.2 Å². The van der Waals surface area contributed by atoms with Crippen molar-refractivity contribution in [2.45, 2.75) is 32.6 Å². The number of nitrogens with one attached hydrogen (secondary N) is 1. The number of carbonyl (C=O) groups excluding carboxylic acids is 1. The molecule has 3 atom stereocenters. The number of hydrogen-bond donors (Lipinski definition) is 2. The summed E-state index contributed by atoms with van der Waals surface area (Å²) < 4.78 is 0.855. The molecule has 0 bridgehead atoms. The van der Waals surface area contributed by atoms with Gasteiger partial charge in [-0.25, -0.2) is 5.43 Å². The zero-order chi connectivity index (χ0) is 15.0. The molecule has 0 radical (unpaired) electrons. The number of fused-ring (bicyclic) bond motifs is 1. The molecule has 0 aromatic heterocycles. The van der Waals surface area contributed by atoms with Gasteiger partial charge in [0.25, 0.3) is 0 Å². The summed E-state index contributed by atoms with van der Waals surface area (Å²) in [6.07, 6.45) is 6.24. The van der Waals surface area contributed by atoms with E-state index >= 15 is 0 Å². The van der Waals surface area contributed by atoms with E-state index in [1.807, 2.05) is 0 Å². The maximum atomic E-state index is 12.2. The van der Waals surface area contributed by atoms with Crippen LogP contribution in [0.2, 0.25) is 0 Å². The number of halogens is 1. The summed E-state index contributed by atoms with van der Waals surface area (Å²) in [4.78, 5) is 12.2. The molecule has 0 unspecified atom stereocenters. The fourth-order valence-corrected chi connectivity index (χ4v) is 4.09. The molecule has 5 heteroatoms. The highest BCUT2D eigenvalue weighted by Gasteiger charge is 2.64. The van der Waals surface area contributed by atoms with Gasteiger partial charge in [-0.2, -0.15) is 5.10 Å². The van der Waals surface area contributed by atoms with Crippen molar-refractivity contribution < 1.29 is 9.90 Å². The molecule has 0 spiro atoms. The van der Waals surface area contributed by atoms with Crippen LogP contribution < -0.4 is 5.43 Å². The van der Waals surface area contributed by atoms with E-state index in [1.165, 1.54) is 19.1 Å². The molecule has 0 aliphatic heterocycles. The first-order valence-corrected chi connectivity index (χ1v) is 8.13. The number of hydrogen-bond acceptors (Lipinski definition) is 3. The predicted molar refractivity (Wildman–Crippen MR) is 85.1 cm³/mol. The largest absolute Gasteiger partial charge is 0.507 e. The van der Waals surface area contributed by atoms with E-state index in [2.05, 4.69) is 33.4 Å². The molecular formula is C16H19BrN2O2. The molecule has 1 aromatic rings. The third-order valence-corrected chi connectivity index (χ3v) is 5.48. The molecule has 1 aromatic carbocycles. The van der Waals surface area contributed by atoms with Crippen molar-refractivity contribution in [1.82, 2.24) is 5.43 Å². The van der Waals surface area contributed by atoms with E-state index in [9.17, 15) is 9.90 Å². The molecule has 2 N–H and O–H groups in total. The van der Waals surface area contributed by atoms with Gasteiger partial charge in [0.1, 0.15) is 5.75 Å². The standard InChI is InChI=1S/C16H19BrN2O2/c1-16-7-3-2-4-12(16)14(16)15(21)19-18-9-10-8-11(17)5-6-13(10)20/h5-6,8-9,12,14,20H,2-4,7H2,1H3,(H,19,21)/b18-9-/t12-,14-,16+/m1/s1. The fourth-order valence-electron chi connectivity index (χ4n) is 3.71. The van der Waals surface area contributed by atoms with E-state index in [0.717, 1.165) is 17.3 Å². The van der Waals surface area contributed by atoms with Gasteiger partial charge in [0, 0.05) is 16.0 Å². The number of hydrazone groups is 1. The number of carbonyl (C=O) groups is 1. The van der Waals surface area contributed by atoms with Crippen molar-refractivity contribution in [3.05, 3.63) is 28.2 Å². The summed E-state index contributed by atoms with van der Waals surface area (Å²) >= 11 is 3.34. The topological polar surface area (TPSA) is 61.7 Å². The van der Waals surface area contributed by atoms with Crippen LogP contribution in [0.3, 0.4) is 0 Å². The monoisotopic (exact) mass is 350 g/mol. The molecule has 2 saturated carbocycles. The Balaban J connectivity index is 1.62. The van der Waals surface area contributed by atoms with Gasteiger partial charge in [-0.3, -0.25) is 4.79 Å². The second-order valence-corrected chi connectivity index (χ2v) is 7.19. The fraction of sp³-hybridized carbons (Fsp3) is 0.500. The molecule has 2 aliphatic rings. The van der Waals surface area contributed by atoms with Crippen molar-refractivity contribution in [2.75, 3.05) is 0 Å². The van der Waals surface area contributed by atoms with Gasteiger partial charge >= 0.3 is 0 Å². The van der Waals surface area contributed by atoms with Gasteiger partial charge < -0.3 is 5.11 Å². The Kier molecular flexibility index (Phi) is 3.78. The Morgan fingerprint density at radius 2 is 2.33 bits per heavy atom. The minimum absolute atomic E-state index is 0.00939. The van der Waals surface area contributed by atoms with Crippen LogP contribution in [-0.4, -0.2) is 17.2 Å². The minimum atomic E-state index is 0.00939. The molecule has 0 heterocycles. The summed E-state index contributed by atoms with van der Waals surface area (Å²) in [6.45, 7) is 2.21. The smallest absolute Gasteiger partial charge is 0.244 e. The Hall–Kier alpha value is -1.36. The molecule has 4 nitrogen and oxygen atoms in total. The van der Waals surface area contributed by atoms with Crippen LogP contribution in [0.15, 0.2) is 27.8 Å². The molecule has 1 amide bonds. The SMILES string of the molecule is C[C@]12CCCC[C@@H]1[C@@H]2C(=O)N/N=C\c1cc(Br)ccc1O. The highest BCUT2D eigenvalue weighted by molar-refractivity contribution is 9.10. The summed E-state index contributed by atoms with van der Waals surface area (Å²) in [6, 6.07) is 5.09. The summed E-state index contributed by atoms with van der Waals surface area (Å²) in [5.41, 5.74) is 3.39. The molecule has 2 fully saturated rings. The van der Waals surface area contributed by atoms with E-state index in [-0.39, 0.29) is 23.0 Å². The van der Waals surface area contributed by atoms with Crippen molar-refractivity contribution in [3.8, 4) is 5.75 Å². The van der Waals surface area contributed by atoms with Gasteiger partial charge in [0.05, 0.1) is 6.21 Å². The Bertz CT molecular complexity index is 602. The van der Waals surface area contributed by atoms with Crippen LogP contribution in [-0.2, 0) is 4.79 Å². The maximum Gasteiger partial charge on any atom is 0.244 e. The van der Waals surface area contributed by atoms with Gasteiger partial charge in [-0.05, 0) is 42.4 Å². The molecular weight excluding hydrogens is 332 g/mol. The van der Waals surface area contributed by atoms with Gasteiger partial charge in [-0.15, -0.1) is 0 Å². The molecule has 2 aliphatic carbocycles. The number of benzene rings is 1. The summed E-state index contributed by atoms with van der Waals surface area (Å²) in [5, 5.41) is 13.7. The molecule has 112 valence electrons. The average molecular weight is 351 g/mol. The lowest BCUT2D eigenvalue weighted by Crippen LogP contribution is -2.22. The van der Waals surface area contributed by atoms with Crippen LogP contribution in [0.25, 0.3) is 0 Å². The van der Waals surface area contributed by atoms with Gasteiger partial charge in [-0.1, -0.05) is 35.7 Å². The number of phenols is 1. The Morgan fingerprint density at radius 1 is 1.52 bits per heavy atom. The maximum absolute atomic E-state index is 12.2. The van der Waals surface area contributed by atoms with E-state index in [4.69, 9.17) is 0 Å². The molecule has 3 rings (SSSR count). The zero-order valence-electron chi connectivity index (χ0n) is 12.0. The van der Waals surface area contributed by atoms with E-state index < -0.39 is 0 Å². The first-order chi connectivity index (χ1) is 10.0. The van der Waals surface area contributed by atoms with Crippen molar-refractivity contribution >= 4 is 28.1 Å². The van der Waals surface area contributed by atoms with Crippen LogP contribution in [0, 0.1) is 17.3 Å². The van der Waals surface area contributed by atoms with E-state index in [0.29, 0.717) is 11.5 Å². The minimum Gasteiger partial charge on any atom is -0.507 e. The summed E-state index contributed by atoms with van der Waals surface area (Å²) in [5.74, 6) is 0.785.